The molecule has 0 rings (SSSR count). The Morgan fingerprint density at radius 1 is 1.29 bits per heavy atom. The molecule has 102 valence electrons. The van der Waals surface area contributed by atoms with Crippen molar-refractivity contribution in [1.29, 1.82) is 0 Å². The van der Waals surface area contributed by atoms with Crippen LogP contribution in [0.1, 0.15) is 27.2 Å². The van der Waals surface area contributed by atoms with Crippen LogP contribution in [0.5, 0.6) is 0 Å². The molecule has 1 amide bonds. The molecule has 0 fully saturated rings. The number of aliphatic hydroxyl groups excluding tert-OH is 1. The second kappa shape index (κ2) is 6.09. The van der Waals surface area contributed by atoms with E-state index in [-0.39, 0.29) is 19.6 Å². The number of carbonyl (C=O) groups excluding carboxylic acids is 1. The van der Waals surface area contributed by atoms with E-state index in [1.165, 1.54) is 0 Å². The summed E-state index contributed by atoms with van der Waals surface area (Å²) >= 11 is 0. The topological polar surface area (TPSA) is 49.8 Å². The van der Waals surface area contributed by atoms with Gasteiger partial charge in [0.1, 0.15) is 12.1 Å². The average Bonchev–Trinajstić information content (AvgIpc) is 2.07. The molecule has 0 aliphatic rings. The minimum atomic E-state index is -4.48. The number of nitrogens with zero attached hydrogens (tertiary/aromatic N) is 1. The summed E-state index contributed by atoms with van der Waals surface area (Å²) in [7, 11) is 0. The molecule has 4 nitrogen and oxygen atoms in total. The Kier molecular flexibility index (Phi) is 5.74. The number of aliphatic hydroxyl groups is 1. The summed E-state index contributed by atoms with van der Waals surface area (Å²) in [4.78, 5) is 12.0. The van der Waals surface area contributed by atoms with Crippen molar-refractivity contribution in [2.45, 2.75) is 39.0 Å². The fourth-order valence-corrected chi connectivity index (χ4v) is 1.04. The summed E-state index contributed by atoms with van der Waals surface area (Å²) in [5.74, 6) is 0. The molecule has 0 saturated heterocycles. The fraction of sp³-hybridized carbons (Fsp3) is 0.900. The van der Waals surface area contributed by atoms with Gasteiger partial charge in [0.2, 0.25) is 0 Å². The van der Waals surface area contributed by atoms with Crippen molar-refractivity contribution in [1.82, 2.24) is 4.90 Å². The summed E-state index contributed by atoms with van der Waals surface area (Å²) in [5, 5.41) is 8.57. The molecule has 0 radical (unpaired) electrons. The van der Waals surface area contributed by atoms with E-state index in [0.717, 1.165) is 0 Å². The van der Waals surface area contributed by atoms with Gasteiger partial charge >= 0.3 is 12.3 Å². The molecule has 0 atom stereocenters. The number of amides is 1. The van der Waals surface area contributed by atoms with Gasteiger partial charge in [-0.1, -0.05) is 0 Å². The van der Waals surface area contributed by atoms with E-state index < -0.39 is 24.4 Å². The smallest absolute Gasteiger partial charge is 0.410 e. The molecular formula is C10H18F3NO3. The molecule has 0 aliphatic heterocycles. The summed E-state index contributed by atoms with van der Waals surface area (Å²) in [6.45, 7) is 2.87. The Bertz CT molecular complexity index is 248. The largest absolute Gasteiger partial charge is 0.444 e. The van der Waals surface area contributed by atoms with Crippen molar-refractivity contribution in [3.63, 3.8) is 0 Å². The van der Waals surface area contributed by atoms with E-state index >= 15 is 0 Å². The van der Waals surface area contributed by atoms with Gasteiger partial charge in [-0.25, -0.2) is 4.79 Å². The molecule has 0 aliphatic carbocycles. The van der Waals surface area contributed by atoms with Crippen LogP contribution in [0.3, 0.4) is 0 Å². The first-order chi connectivity index (χ1) is 7.55. The van der Waals surface area contributed by atoms with Gasteiger partial charge < -0.3 is 9.84 Å². The van der Waals surface area contributed by atoms with Crippen LogP contribution in [-0.4, -0.2) is 47.6 Å². The third-order valence-corrected chi connectivity index (χ3v) is 1.61. The number of hydrogen-bond donors (Lipinski definition) is 1. The van der Waals surface area contributed by atoms with Gasteiger partial charge in [-0.2, -0.15) is 13.2 Å². The SMILES string of the molecule is CC(C)(C)OC(=O)N(CCCO)CC(F)(F)F. The van der Waals surface area contributed by atoms with Crippen LogP contribution in [-0.2, 0) is 4.74 Å². The Labute approximate surface area is 98.3 Å². The highest BCUT2D eigenvalue weighted by Crippen LogP contribution is 2.18. The number of hydrogen-bond acceptors (Lipinski definition) is 3. The van der Waals surface area contributed by atoms with Gasteiger partial charge in [-0.05, 0) is 27.2 Å². The molecule has 0 aromatic heterocycles. The third kappa shape index (κ3) is 8.79. The van der Waals surface area contributed by atoms with E-state index in [4.69, 9.17) is 9.84 Å². The highest BCUT2D eigenvalue weighted by atomic mass is 19.4. The molecule has 0 bridgehead atoms. The molecule has 0 heterocycles. The van der Waals surface area contributed by atoms with Crippen molar-refractivity contribution < 1.29 is 27.8 Å². The zero-order valence-corrected chi connectivity index (χ0v) is 10.2. The van der Waals surface area contributed by atoms with Crippen molar-refractivity contribution in [2.24, 2.45) is 0 Å². The molecule has 17 heavy (non-hydrogen) atoms. The third-order valence-electron chi connectivity index (χ3n) is 1.61. The first-order valence-corrected chi connectivity index (χ1v) is 5.21. The van der Waals surface area contributed by atoms with Gasteiger partial charge in [0.05, 0.1) is 0 Å². The number of alkyl halides is 3. The summed E-state index contributed by atoms with van der Waals surface area (Å²) in [6, 6.07) is 0. The zero-order valence-electron chi connectivity index (χ0n) is 10.2. The number of carbonyl (C=O) groups is 1. The Morgan fingerprint density at radius 2 is 1.82 bits per heavy atom. The number of halogens is 3. The lowest BCUT2D eigenvalue weighted by molar-refractivity contribution is -0.144. The fourth-order valence-electron chi connectivity index (χ4n) is 1.04. The lowest BCUT2D eigenvalue weighted by atomic mass is 10.2. The lowest BCUT2D eigenvalue weighted by Crippen LogP contribution is -2.42. The molecule has 0 aromatic carbocycles. The molecule has 0 saturated carbocycles. The summed E-state index contributed by atoms with van der Waals surface area (Å²) in [6.07, 6.45) is -5.43. The van der Waals surface area contributed by atoms with Crippen molar-refractivity contribution in [2.75, 3.05) is 19.7 Å². The molecular weight excluding hydrogens is 239 g/mol. The van der Waals surface area contributed by atoms with Crippen molar-refractivity contribution >= 4 is 6.09 Å². The van der Waals surface area contributed by atoms with Crippen LogP contribution in [0, 0.1) is 0 Å². The van der Waals surface area contributed by atoms with Crippen molar-refractivity contribution in [3.8, 4) is 0 Å². The monoisotopic (exact) mass is 257 g/mol. The van der Waals surface area contributed by atoms with Crippen LogP contribution in [0.4, 0.5) is 18.0 Å². The maximum atomic E-state index is 12.2. The van der Waals surface area contributed by atoms with Crippen LogP contribution < -0.4 is 0 Å². The van der Waals surface area contributed by atoms with Crippen LogP contribution in [0.15, 0.2) is 0 Å². The van der Waals surface area contributed by atoms with Gasteiger partial charge in [0.15, 0.2) is 0 Å². The maximum Gasteiger partial charge on any atom is 0.410 e. The van der Waals surface area contributed by atoms with Crippen LogP contribution in [0.25, 0.3) is 0 Å². The molecule has 1 N–H and O–H groups in total. The molecule has 0 aromatic rings. The molecule has 0 spiro atoms. The Balaban J connectivity index is 4.51. The maximum absolute atomic E-state index is 12.2. The number of ether oxygens (including phenoxy) is 1. The highest BCUT2D eigenvalue weighted by molar-refractivity contribution is 5.68. The van der Waals surface area contributed by atoms with E-state index in [9.17, 15) is 18.0 Å². The standard InChI is InChI=1S/C10H18F3NO3/c1-9(2,3)17-8(16)14(5-4-6-15)7-10(11,12)13/h15H,4-7H2,1-3H3. The van der Waals surface area contributed by atoms with Gasteiger partial charge in [-0.15, -0.1) is 0 Å². The first kappa shape index (κ1) is 16.0. The second-order valence-electron chi connectivity index (χ2n) is 4.59. The van der Waals surface area contributed by atoms with Crippen LogP contribution in [0.2, 0.25) is 0 Å². The molecule has 0 unspecified atom stereocenters. The minimum absolute atomic E-state index is 0.0787. The normalized spacial score (nSPS) is 12.4. The predicted molar refractivity (Wildman–Crippen MR) is 55.6 cm³/mol. The quantitative estimate of drug-likeness (QED) is 0.839. The highest BCUT2D eigenvalue weighted by Gasteiger charge is 2.34. The second-order valence-corrected chi connectivity index (χ2v) is 4.59. The van der Waals surface area contributed by atoms with Gasteiger partial charge in [0.25, 0.3) is 0 Å². The molecule has 7 heteroatoms. The van der Waals surface area contributed by atoms with E-state index in [1.807, 2.05) is 0 Å². The zero-order chi connectivity index (χ0) is 13.7. The Hall–Kier alpha value is -0.980. The average molecular weight is 257 g/mol. The minimum Gasteiger partial charge on any atom is -0.444 e. The number of rotatable bonds is 4. The summed E-state index contributed by atoms with van der Waals surface area (Å²) < 4.78 is 41.5. The van der Waals surface area contributed by atoms with Gasteiger partial charge in [-0.3, -0.25) is 4.90 Å². The Morgan fingerprint density at radius 3 is 2.18 bits per heavy atom. The van der Waals surface area contributed by atoms with E-state index in [0.29, 0.717) is 4.90 Å². The van der Waals surface area contributed by atoms with E-state index in [2.05, 4.69) is 0 Å². The van der Waals surface area contributed by atoms with Gasteiger partial charge in [0, 0.05) is 13.2 Å². The van der Waals surface area contributed by atoms with Crippen LogP contribution >= 0.6 is 0 Å². The lowest BCUT2D eigenvalue weighted by Gasteiger charge is -2.27. The first-order valence-electron chi connectivity index (χ1n) is 5.21. The van der Waals surface area contributed by atoms with E-state index in [1.54, 1.807) is 20.8 Å². The predicted octanol–water partition coefficient (Wildman–Crippen LogP) is 2.17. The summed E-state index contributed by atoms with van der Waals surface area (Å²) in [5.41, 5.74) is -0.847. The van der Waals surface area contributed by atoms with Crippen molar-refractivity contribution in [3.05, 3.63) is 0 Å².